The molecule has 0 bridgehead atoms. The normalized spacial score (nSPS) is 40.5. The van der Waals surface area contributed by atoms with Gasteiger partial charge in [-0.3, -0.25) is 16.1 Å². The monoisotopic (exact) mass is 468 g/mol. The first-order valence-electron chi connectivity index (χ1n) is 13.1. The molecule has 1 saturated carbocycles. The lowest BCUT2D eigenvalue weighted by Gasteiger charge is -2.44. The molecule has 4 heterocycles. The summed E-state index contributed by atoms with van der Waals surface area (Å²) in [5.74, 6) is 1.85. The number of piperidine rings is 1. The fraction of sp³-hybridized carbons (Fsp3) is 1.00. The van der Waals surface area contributed by atoms with E-state index in [0.717, 1.165) is 44.4 Å². The van der Waals surface area contributed by atoms with Crippen LogP contribution in [0.5, 0.6) is 0 Å². The van der Waals surface area contributed by atoms with Crippen LogP contribution in [0.15, 0.2) is 0 Å². The average Bonchev–Trinajstić information content (AvgIpc) is 3.42. The average molecular weight is 469 g/mol. The zero-order chi connectivity index (χ0) is 22.1. The Kier molecular flexibility index (Phi) is 7.43. The quantitative estimate of drug-likeness (QED) is 0.456. The molecule has 0 aromatic rings. The maximum Gasteiger partial charge on any atom is 0.211 e. The first-order chi connectivity index (χ1) is 15.5. The van der Waals surface area contributed by atoms with Crippen molar-refractivity contribution in [2.45, 2.75) is 82.1 Å². The van der Waals surface area contributed by atoms with E-state index in [1.54, 1.807) is 4.31 Å². The lowest BCUT2D eigenvalue weighted by atomic mass is 9.82. The number of nitrogens with zero attached hydrogens (tertiary/aromatic N) is 2. The molecule has 32 heavy (non-hydrogen) atoms. The topological polar surface area (TPSA) is 88.7 Å². The molecule has 0 aromatic heterocycles. The van der Waals surface area contributed by atoms with Crippen LogP contribution < -0.4 is 21.4 Å². The minimum Gasteiger partial charge on any atom is -0.316 e. The van der Waals surface area contributed by atoms with Gasteiger partial charge in [-0.15, -0.1) is 0 Å². The Labute approximate surface area is 194 Å². The fourth-order valence-electron chi connectivity index (χ4n) is 7.03. The number of hydrogen-bond acceptors (Lipinski definition) is 7. The van der Waals surface area contributed by atoms with Gasteiger partial charge in [0, 0.05) is 50.2 Å². The summed E-state index contributed by atoms with van der Waals surface area (Å²) in [5.41, 5.74) is 3.85. The molecule has 0 aromatic carbocycles. The van der Waals surface area contributed by atoms with Crippen molar-refractivity contribution in [1.29, 1.82) is 0 Å². The third-order valence-electron chi connectivity index (χ3n) is 8.73. The van der Waals surface area contributed by atoms with Crippen molar-refractivity contribution < 1.29 is 8.42 Å². The zero-order valence-corrected chi connectivity index (χ0v) is 20.6. The van der Waals surface area contributed by atoms with Crippen LogP contribution in [0.25, 0.3) is 0 Å². The molecule has 184 valence electrons. The third kappa shape index (κ3) is 5.50. The Morgan fingerprint density at radius 2 is 1.72 bits per heavy atom. The van der Waals surface area contributed by atoms with Crippen molar-refractivity contribution in [2.75, 3.05) is 45.5 Å². The van der Waals surface area contributed by atoms with Crippen LogP contribution in [0.4, 0.5) is 0 Å². The van der Waals surface area contributed by atoms with Gasteiger partial charge in [0.15, 0.2) is 0 Å². The molecular weight excluding hydrogens is 424 g/mol. The molecule has 6 atom stereocenters. The molecule has 8 nitrogen and oxygen atoms in total. The van der Waals surface area contributed by atoms with Gasteiger partial charge < -0.3 is 5.32 Å². The van der Waals surface area contributed by atoms with Crippen LogP contribution in [0.3, 0.4) is 0 Å². The Bertz CT molecular complexity index is 724. The predicted molar refractivity (Wildman–Crippen MR) is 127 cm³/mol. The molecule has 6 unspecified atom stereocenters. The van der Waals surface area contributed by atoms with Crippen molar-refractivity contribution >= 4 is 10.0 Å². The minimum atomic E-state index is -3.15. The second kappa shape index (κ2) is 10.1. The summed E-state index contributed by atoms with van der Waals surface area (Å²) in [5, 5.41) is 13.8. The Balaban J connectivity index is 1.25. The summed E-state index contributed by atoms with van der Waals surface area (Å²) >= 11 is 0. The van der Waals surface area contributed by atoms with Gasteiger partial charge in [0.2, 0.25) is 10.0 Å². The number of hydrazine groups is 1. The van der Waals surface area contributed by atoms with Gasteiger partial charge in [-0.2, -0.15) is 0 Å². The van der Waals surface area contributed by atoms with Gasteiger partial charge >= 0.3 is 0 Å². The van der Waals surface area contributed by atoms with Gasteiger partial charge in [-0.05, 0) is 50.6 Å². The molecule has 0 amide bonds. The number of sulfonamides is 1. The van der Waals surface area contributed by atoms with E-state index in [0.29, 0.717) is 37.3 Å². The molecule has 9 heteroatoms. The first kappa shape index (κ1) is 23.5. The van der Waals surface area contributed by atoms with Crippen LogP contribution in [-0.2, 0) is 10.0 Å². The SMILES string of the molecule is CS(=O)(=O)N1CC2NC(CC3CCCCC3)NC(C3CCN(CC4CCCNC4)N3)C2C1. The fourth-order valence-corrected chi connectivity index (χ4v) is 7.90. The molecule has 4 aliphatic heterocycles. The lowest BCUT2D eigenvalue weighted by Crippen LogP contribution is -2.68. The predicted octanol–water partition coefficient (Wildman–Crippen LogP) is 0.683. The Morgan fingerprint density at radius 1 is 0.906 bits per heavy atom. The van der Waals surface area contributed by atoms with Crippen molar-refractivity contribution in [3.8, 4) is 0 Å². The minimum absolute atomic E-state index is 0.253. The smallest absolute Gasteiger partial charge is 0.211 e. The van der Waals surface area contributed by atoms with E-state index in [-0.39, 0.29) is 6.04 Å². The molecule has 0 spiro atoms. The Morgan fingerprint density at radius 3 is 2.47 bits per heavy atom. The Hall–Kier alpha value is -0.290. The van der Waals surface area contributed by atoms with E-state index in [9.17, 15) is 8.42 Å². The van der Waals surface area contributed by atoms with Crippen LogP contribution in [0, 0.1) is 17.8 Å². The highest BCUT2D eigenvalue weighted by Gasteiger charge is 2.49. The van der Waals surface area contributed by atoms with Crippen molar-refractivity contribution in [1.82, 2.24) is 30.7 Å². The van der Waals surface area contributed by atoms with Gasteiger partial charge in [0.25, 0.3) is 0 Å². The molecule has 5 aliphatic rings. The molecule has 1 aliphatic carbocycles. The zero-order valence-electron chi connectivity index (χ0n) is 19.8. The highest BCUT2D eigenvalue weighted by molar-refractivity contribution is 7.88. The van der Waals surface area contributed by atoms with E-state index in [4.69, 9.17) is 0 Å². The summed E-state index contributed by atoms with van der Waals surface area (Å²) in [7, 11) is -3.15. The summed E-state index contributed by atoms with van der Waals surface area (Å²) in [6.45, 7) is 5.75. The molecule has 5 rings (SSSR count). The summed E-state index contributed by atoms with van der Waals surface area (Å²) < 4.78 is 26.4. The van der Waals surface area contributed by atoms with Crippen molar-refractivity contribution in [3.05, 3.63) is 0 Å². The molecule has 0 radical (unpaired) electrons. The van der Waals surface area contributed by atoms with E-state index in [1.165, 1.54) is 57.6 Å². The number of rotatable bonds is 6. The largest absolute Gasteiger partial charge is 0.316 e. The van der Waals surface area contributed by atoms with Crippen LogP contribution in [0.2, 0.25) is 0 Å². The maximum absolute atomic E-state index is 12.3. The van der Waals surface area contributed by atoms with Gasteiger partial charge in [-0.1, -0.05) is 32.1 Å². The summed E-state index contributed by atoms with van der Waals surface area (Å²) in [6, 6.07) is 0.952. The molecular formula is C23H44N6O2S. The van der Waals surface area contributed by atoms with Crippen molar-refractivity contribution in [2.24, 2.45) is 17.8 Å². The number of hydrogen-bond donors (Lipinski definition) is 4. The number of nitrogens with one attached hydrogen (secondary N) is 4. The standard InChI is InChI=1S/C23H44N6O2S/c1-32(30,31)29-15-19-21(16-29)25-22(12-17-6-3-2-4-7-17)26-23(19)20-9-11-28(27-20)14-18-8-5-10-24-13-18/h17-27H,2-16H2,1H3. The first-order valence-corrected chi connectivity index (χ1v) is 15.0. The third-order valence-corrected chi connectivity index (χ3v) is 9.97. The highest BCUT2D eigenvalue weighted by Crippen LogP contribution is 2.33. The highest BCUT2D eigenvalue weighted by atomic mass is 32.2. The van der Waals surface area contributed by atoms with E-state index in [1.807, 2.05) is 0 Å². The van der Waals surface area contributed by atoms with E-state index >= 15 is 0 Å². The van der Waals surface area contributed by atoms with Crippen molar-refractivity contribution in [3.63, 3.8) is 0 Å². The molecule has 5 fully saturated rings. The van der Waals surface area contributed by atoms with Crippen LogP contribution >= 0.6 is 0 Å². The van der Waals surface area contributed by atoms with Crippen LogP contribution in [0.1, 0.15) is 57.8 Å². The maximum atomic E-state index is 12.3. The van der Waals surface area contributed by atoms with Crippen LogP contribution in [-0.4, -0.2) is 87.5 Å². The second-order valence-electron chi connectivity index (χ2n) is 11.2. The van der Waals surface area contributed by atoms with E-state index in [2.05, 4.69) is 26.4 Å². The number of fused-ring (bicyclic) bond motifs is 1. The second-order valence-corrected chi connectivity index (χ2v) is 13.2. The van der Waals surface area contributed by atoms with Gasteiger partial charge in [0.1, 0.15) is 0 Å². The van der Waals surface area contributed by atoms with Gasteiger partial charge in [-0.25, -0.2) is 17.7 Å². The molecule has 4 saturated heterocycles. The summed E-state index contributed by atoms with van der Waals surface area (Å²) in [6.07, 6.45) is 13.4. The van der Waals surface area contributed by atoms with E-state index < -0.39 is 10.0 Å². The lowest BCUT2D eigenvalue weighted by molar-refractivity contribution is 0.117. The van der Waals surface area contributed by atoms with Gasteiger partial charge in [0.05, 0.1) is 12.4 Å². The molecule has 4 N–H and O–H groups in total. The summed E-state index contributed by atoms with van der Waals surface area (Å²) in [4.78, 5) is 0.